The Morgan fingerprint density at radius 2 is 1.31 bits per heavy atom. The standard InChI is InChI=1S/C30H14N4S2/c31-15-24-30-27(34-26(16-32)33-24)23-14-18(12-13-25(23)35-30)20-9-5-11-22-21-10-4-8-19(28(21)36-29(20)22)17-6-2-1-3-7-17/h1-14H. The van der Waals surface area contributed by atoms with E-state index >= 15 is 0 Å². The Morgan fingerprint density at radius 3 is 2.00 bits per heavy atom. The summed E-state index contributed by atoms with van der Waals surface area (Å²) in [6.07, 6.45) is 0. The van der Waals surface area contributed by atoms with Gasteiger partial charge in [-0.25, -0.2) is 9.97 Å². The fraction of sp³-hybridized carbons (Fsp3) is 0. The number of hydrogen-bond acceptors (Lipinski definition) is 6. The van der Waals surface area contributed by atoms with Gasteiger partial charge in [-0.05, 0) is 34.4 Å². The van der Waals surface area contributed by atoms with Crippen molar-refractivity contribution in [2.45, 2.75) is 0 Å². The van der Waals surface area contributed by atoms with Crippen molar-refractivity contribution in [2.24, 2.45) is 0 Å². The summed E-state index contributed by atoms with van der Waals surface area (Å²) < 4.78 is 4.25. The van der Waals surface area contributed by atoms with Crippen molar-refractivity contribution in [3.8, 4) is 34.4 Å². The molecule has 0 radical (unpaired) electrons. The number of nitriles is 2. The predicted octanol–water partition coefficient (Wildman–Crippen LogP) is 8.29. The molecule has 0 bridgehead atoms. The van der Waals surface area contributed by atoms with E-state index < -0.39 is 0 Å². The molecule has 0 spiro atoms. The Balaban J connectivity index is 1.50. The van der Waals surface area contributed by atoms with E-state index in [9.17, 15) is 10.5 Å². The van der Waals surface area contributed by atoms with Crippen molar-refractivity contribution in [1.82, 2.24) is 9.97 Å². The van der Waals surface area contributed by atoms with Crippen LogP contribution in [0.2, 0.25) is 0 Å². The molecule has 166 valence electrons. The van der Waals surface area contributed by atoms with Crippen molar-refractivity contribution >= 4 is 63.1 Å². The predicted molar refractivity (Wildman–Crippen MR) is 148 cm³/mol. The monoisotopic (exact) mass is 494 g/mol. The Bertz CT molecular complexity index is 2070. The zero-order valence-corrected chi connectivity index (χ0v) is 20.3. The number of hydrogen-bond donors (Lipinski definition) is 0. The number of thiophene rings is 2. The Labute approximate surface area is 214 Å². The fourth-order valence-corrected chi connectivity index (χ4v) is 7.26. The molecule has 7 rings (SSSR count). The highest BCUT2D eigenvalue weighted by Gasteiger charge is 2.17. The van der Waals surface area contributed by atoms with Crippen LogP contribution in [-0.2, 0) is 0 Å². The normalized spacial score (nSPS) is 11.3. The summed E-state index contributed by atoms with van der Waals surface area (Å²) in [7, 11) is 0. The van der Waals surface area contributed by atoms with Gasteiger partial charge in [0.05, 0.1) is 10.2 Å². The molecule has 6 heteroatoms. The number of benzene rings is 4. The van der Waals surface area contributed by atoms with Gasteiger partial charge < -0.3 is 0 Å². The summed E-state index contributed by atoms with van der Waals surface area (Å²) in [6, 6.07) is 33.9. The molecule has 0 saturated carbocycles. The second-order valence-electron chi connectivity index (χ2n) is 8.44. The molecule has 0 unspecified atom stereocenters. The lowest BCUT2D eigenvalue weighted by Crippen LogP contribution is -1.92. The minimum absolute atomic E-state index is 0.0178. The van der Waals surface area contributed by atoms with E-state index in [0.717, 1.165) is 25.9 Å². The van der Waals surface area contributed by atoms with Crippen molar-refractivity contribution in [3.05, 3.63) is 96.4 Å². The van der Waals surface area contributed by atoms with E-state index in [0.29, 0.717) is 5.52 Å². The van der Waals surface area contributed by atoms with E-state index in [1.165, 1.54) is 42.6 Å². The zero-order chi connectivity index (χ0) is 24.2. The maximum Gasteiger partial charge on any atom is 0.234 e. The molecule has 0 atom stereocenters. The van der Waals surface area contributed by atoms with E-state index in [2.05, 4.69) is 94.9 Å². The average molecular weight is 495 g/mol. The molecular weight excluding hydrogens is 480 g/mol. The lowest BCUT2D eigenvalue weighted by atomic mass is 9.99. The van der Waals surface area contributed by atoms with E-state index in [1.54, 1.807) is 0 Å². The average Bonchev–Trinajstić information content (AvgIpc) is 3.51. The van der Waals surface area contributed by atoms with Crippen LogP contribution < -0.4 is 0 Å². The van der Waals surface area contributed by atoms with Gasteiger partial charge in [-0.3, -0.25) is 0 Å². The van der Waals surface area contributed by atoms with Crippen LogP contribution in [0.5, 0.6) is 0 Å². The van der Waals surface area contributed by atoms with Crippen molar-refractivity contribution < 1.29 is 0 Å². The maximum absolute atomic E-state index is 9.56. The summed E-state index contributed by atoms with van der Waals surface area (Å²) in [6.45, 7) is 0. The largest absolute Gasteiger partial charge is 0.234 e. The summed E-state index contributed by atoms with van der Waals surface area (Å²) in [4.78, 5) is 8.55. The topological polar surface area (TPSA) is 73.4 Å². The number of nitrogens with zero attached hydrogens (tertiary/aromatic N) is 4. The highest BCUT2D eigenvalue weighted by Crippen LogP contribution is 2.44. The Kier molecular flexibility index (Phi) is 4.59. The first-order valence-electron chi connectivity index (χ1n) is 11.3. The highest BCUT2D eigenvalue weighted by molar-refractivity contribution is 7.27. The lowest BCUT2D eigenvalue weighted by Gasteiger charge is -2.04. The summed E-state index contributed by atoms with van der Waals surface area (Å²) in [5.41, 5.74) is 5.60. The second-order valence-corrected chi connectivity index (χ2v) is 10.5. The van der Waals surface area contributed by atoms with Crippen LogP contribution in [0.15, 0.2) is 84.9 Å². The minimum Gasteiger partial charge on any atom is -0.217 e. The van der Waals surface area contributed by atoms with E-state index in [-0.39, 0.29) is 11.5 Å². The molecule has 0 aliphatic carbocycles. The third kappa shape index (κ3) is 3.03. The van der Waals surface area contributed by atoms with Gasteiger partial charge in [0, 0.05) is 30.3 Å². The summed E-state index contributed by atoms with van der Waals surface area (Å²) >= 11 is 3.31. The first-order chi connectivity index (χ1) is 17.7. The van der Waals surface area contributed by atoms with Crippen LogP contribution in [-0.4, -0.2) is 9.97 Å². The van der Waals surface area contributed by atoms with Gasteiger partial charge in [-0.15, -0.1) is 22.7 Å². The van der Waals surface area contributed by atoms with Gasteiger partial charge in [0.2, 0.25) is 5.82 Å². The Morgan fingerprint density at radius 1 is 0.583 bits per heavy atom. The van der Waals surface area contributed by atoms with Gasteiger partial charge in [0.15, 0.2) is 5.69 Å². The zero-order valence-electron chi connectivity index (χ0n) is 18.7. The first-order valence-corrected chi connectivity index (χ1v) is 12.9. The van der Waals surface area contributed by atoms with Crippen LogP contribution in [0.3, 0.4) is 0 Å². The maximum atomic E-state index is 9.56. The van der Waals surface area contributed by atoms with E-state index in [4.69, 9.17) is 0 Å². The highest BCUT2D eigenvalue weighted by atomic mass is 32.1. The summed E-state index contributed by atoms with van der Waals surface area (Å²) in [5, 5.41) is 22.4. The van der Waals surface area contributed by atoms with Gasteiger partial charge in [0.1, 0.15) is 12.1 Å². The third-order valence-electron chi connectivity index (χ3n) is 6.44. The number of rotatable bonds is 2. The molecule has 3 heterocycles. The quantitative estimate of drug-likeness (QED) is 0.242. The molecule has 4 aromatic carbocycles. The lowest BCUT2D eigenvalue weighted by molar-refractivity contribution is 1.14. The molecule has 0 fully saturated rings. The number of fused-ring (bicyclic) bond motifs is 6. The van der Waals surface area contributed by atoms with Crippen LogP contribution in [0.25, 0.3) is 62.7 Å². The van der Waals surface area contributed by atoms with Gasteiger partial charge in [-0.2, -0.15) is 10.5 Å². The van der Waals surface area contributed by atoms with Crippen LogP contribution >= 0.6 is 22.7 Å². The van der Waals surface area contributed by atoms with Crippen LogP contribution in [0.4, 0.5) is 0 Å². The molecule has 3 aromatic heterocycles. The first kappa shape index (κ1) is 20.7. The van der Waals surface area contributed by atoms with Gasteiger partial charge in [0.25, 0.3) is 0 Å². The molecule has 36 heavy (non-hydrogen) atoms. The van der Waals surface area contributed by atoms with Crippen molar-refractivity contribution in [3.63, 3.8) is 0 Å². The molecule has 0 aliphatic rings. The van der Waals surface area contributed by atoms with E-state index in [1.807, 2.05) is 23.5 Å². The fourth-order valence-electron chi connectivity index (χ4n) is 4.83. The molecule has 7 aromatic rings. The molecule has 0 aliphatic heterocycles. The van der Waals surface area contributed by atoms with Gasteiger partial charge >= 0.3 is 0 Å². The Hall–Kier alpha value is -4.62. The smallest absolute Gasteiger partial charge is 0.217 e. The SMILES string of the molecule is N#Cc1nc(C#N)c2sc3ccc(-c4cccc5c4sc4c(-c6ccccc6)cccc45)cc3c2n1. The molecule has 0 amide bonds. The molecule has 0 saturated heterocycles. The van der Waals surface area contributed by atoms with Gasteiger partial charge in [-0.1, -0.05) is 72.8 Å². The number of aromatic nitrogens is 2. The minimum atomic E-state index is 0.0178. The van der Waals surface area contributed by atoms with Crippen molar-refractivity contribution in [2.75, 3.05) is 0 Å². The second kappa shape index (κ2) is 7.96. The van der Waals surface area contributed by atoms with Crippen LogP contribution in [0, 0.1) is 22.7 Å². The van der Waals surface area contributed by atoms with Crippen LogP contribution in [0.1, 0.15) is 11.5 Å². The molecule has 4 nitrogen and oxygen atoms in total. The van der Waals surface area contributed by atoms with Crippen molar-refractivity contribution in [1.29, 1.82) is 10.5 Å². The third-order valence-corrected chi connectivity index (χ3v) is 8.89. The molecule has 0 N–H and O–H groups in total. The summed E-state index contributed by atoms with van der Waals surface area (Å²) in [5.74, 6) is 0.0178. The molecular formula is C30H14N4S2.